The van der Waals surface area contributed by atoms with Gasteiger partial charge in [0.25, 0.3) is 0 Å². The van der Waals surface area contributed by atoms with Crippen LogP contribution < -0.4 is 11.1 Å². The summed E-state index contributed by atoms with van der Waals surface area (Å²) >= 11 is 0. The Balaban J connectivity index is 1.82. The molecule has 0 spiro atoms. The van der Waals surface area contributed by atoms with Crippen LogP contribution in [0.4, 0.5) is 0 Å². The fourth-order valence-corrected chi connectivity index (χ4v) is 1.64. The average molecular weight is 238 g/mol. The van der Waals surface area contributed by atoms with Crippen LogP contribution in [0.3, 0.4) is 0 Å². The summed E-state index contributed by atoms with van der Waals surface area (Å²) in [7, 11) is 0. The van der Waals surface area contributed by atoms with Crippen LogP contribution in [-0.2, 0) is 11.2 Å². The number of amidine groups is 1. The largest absolute Gasteiger partial charge is 0.409 e. The van der Waals surface area contributed by atoms with E-state index in [4.69, 9.17) is 10.9 Å². The summed E-state index contributed by atoms with van der Waals surface area (Å²) in [4.78, 5) is 15.8. The molecule has 1 aliphatic rings. The first-order chi connectivity index (χ1) is 8.19. The van der Waals surface area contributed by atoms with Crippen LogP contribution in [0.5, 0.6) is 0 Å². The summed E-state index contributed by atoms with van der Waals surface area (Å²) < 4.78 is 0. The van der Waals surface area contributed by atoms with Crippen molar-refractivity contribution in [2.45, 2.75) is 19.3 Å². The first-order valence-corrected chi connectivity index (χ1v) is 5.29. The smallest absolute Gasteiger partial charge is 0.233 e. The first kappa shape index (κ1) is 11.4. The zero-order chi connectivity index (χ0) is 12.3. The fraction of sp³-hybridized carbons (Fsp3) is 0.556. The first-order valence-electron chi connectivity index (χ1n) is 5.29. The van der Waals surface area contributed by atoms with E-state index in [2.05, 4.69) is 25.7 Å². The number of carbonyl (C=O) groups excluding carboxylic acids is 1. The van der Waals surface area contributed by atoms with Crippen LogP contribution in [0.1, 0.15) is 18.7 Å². The normalized spacial score (nSPS) is 17.8. The van der Waals surface area contributed by atoms with E-state index in [1.165, 1.54) is 6.33 Å². The molecule has 92 valence electrons. The molecule has 1 amide bonds. The molecular formula is C9H14N6O2. The zero-order valence-electron chi connectivity index (χ0n) is 9.18. The van der Waals surface area contributed by atoms with E-state index in [1.54, 1.807) is 0 Å². The number of oxime groups is 1. The maximum Gasteiger partial charge on any atom is 0.233 e. The van der Waals surface area contributed by atoms with Gasteiger partial charge in [0.15, 0.2) is 5.84 Å². The summed E-state index contributed by atoms with van der Waals surface area (Å²) in [5.41, 5.74) is 4.70. The molecular weight excluding hydrogens is 224 g/mol. The third-order valence-electron chi connectivity index (χ3n) is 2.89. The quantitative estimate of drug-likeness (QED) is 0.226. The van der Waals surface area contributed by atoms with Gasteiger partial charge in [0.2, 0.25) is 5.91 Å². The molecule has 17 heavy (non-hydrogen) atoms. The van der Waals surface area contributed by atoms with Crippen molar-refractivity contribution >= 4 is 11.7 Å². The number of aromatic amines is 1. The number of rotatable bonds is 5. The van der Waals surface area contributed by atoms with Crippen LogP contribution in [0.2, 0.25) is 0 Å². The number of amides is 1. The van der Waals surface area contributed by atoms with Gasteiger partial charge in [-0.1, -0.05) is 5.16 Å². The van der Waals surface area contributed by atoms with Crippen LogP contribution in [0.15, 0.2) is 11.5 Å². The van der Waals surface area contributed by atoms with E-state index in [0.29, 0.717) is 31.6 Å². The molecule has 0 atom stereocenters. The predicted octanol–water partition coefficient (Wildman–Crippen LogP) is -1.01. The van der Waals surface area contributed by atoms with Gasteiger partial charge in [0.05, 0.1) is 0 Å². The Labute approximate surface area is 97.3 Å². The van der Waals surface area contributed by atoms with Gasteiger partial charge in [0, 0.05) is 13.0 Å². The summed E-state index contributed by atoms with van der Waals surface area (Å²) in [6.07, 6.45) is 3.22. The summed E-state index contributed by atoms with van der Waals surface area (Å²) in [6, 6.07) is 0. The van der Waals surface area contributed by atoms with Gasteiger partial charge in [0.1, 0.15) is 17.6 Å². The third kappa shape index (κ3) is 2.19. The van der Waals surface area contributed by atoms with Crippen molar-refractivity contribution in [1.82, 2.24) is 20.5 Å². The van der Waals surface area contributed by atoms with Gasteiger partial charge in [-0.2, -0.15) is 5.10 Å². The maximum atomic E-state index is 11.8. The molecule has 0 unspecified atom stereocenters. The number of H-pyrrole nitrogens is 1. The van der Waals surface area contributed by atoms with E-state index in [0.717, 1.165) is 0 Å². The van der Waals surface area contributed by atoms with Gasteiger partial charge >= 0.3 is 0 Å². The Morgan fingerprint density at radius 3 is 3.00 bits per heavy atom. The highest BCUT2D eigenvalue weighted by atomic mass is 16.4. The van der Waals surface area contributed by atoms with Crippen molar-refractivity contribution in [3.63, 3.8) is 0 Å². The Kier molecular flexibility index (Phi) is 2.94. The van der Waals surface area contributed by atoms with E-state index in [-0.39, 0.29) is 11.7 Å². The number of hydrogen-bond donors (Lipinski definition) is 4. The van der Waals surface area contributed by atoms with Crippen LogP contribution in [-0.4, -0.2) is 38.7 Å². The van der Waals surface area contributed by atoms with Crippen molar-refractivity contribution in [2.75, 3.05) is 6.54 Å². The van der Waals surface area contributed by atoms with Gasteiger partial charge in [-0.25, -0.2) is 4.98 Å². The third-order valence-corrected chi connectivity index (χ3v) is 2.89. The van der Waals surface area contributed by atoms with E-state index >= 15 is 0 Å². The summed E-state index contributed by atoms with van der Waals surface area (Å²) in [6.45, 7) is 0.439. The van der Waals surface area contributed by atoms with Crippen molar-refractivity contribution in [3.8, 4) is 0 Å². The van der Waals surface area contributed by atoms with Crippen molar-refractivity contribution in [2.24, 2.45) is 16.3 Å². The Morgan fingerprint density at radius 1 is 1.71 bits per heavy atom. The van der Waals surface area contributed by atoms with Gasteiger partial charge in [-0.3, -0.25) is 9.89 Å². The maximum absolute atomic E-state index is 11.8. The average Bonchev–Trinajstić information content (AvgIpc) is 3.00. The molecule has 1 aliphatic carbocycles. The van der Waals surface area contributed by atoms with Gasteiger partial charge in [-0.15, -0.1) is 0 Å². The minimum absolute atomic E-state index is 0.0188. The molecule has 1 aromatic rings. The molecule has 5 N–H and O–H groups in total. The molecule has 8 nitrogen and oxygen atoms in total. The molecule has 0 bridgehead atoms. The number of carbonyl (C=O) groups is 1. The van der Waals surface area contributed by atoms with Gasteiger partial charge < -0.3 is 16.3 Å². The molecule has 1 saturated carbocycles. The lowest BCUT2D eigenvalue weighted by Crippen LogP contribution is -2.41. The molecule has 0 aliphatic heterocycles. The Bertz CT molecular complexity index is 423. The second-order valence-electron chi connectivity index (χ2n) is 4.01. The number of nitrogens with one attached hydrogen (secondary N) is 2. The summed E-state index contributed by atoms with van der Waals surface area (Å²) in [5.74, 6) is 0.487. The van der Waals surface area contributed by atoms with Crippen molar-refractivity contribution < 1.29 is 10.0 Å². The predicted molar refractivity (Wildman–Crippen MR) is 58.2 cm³/mol. The molecule has 0 radical (unpaired) electrons. The molecule has 0 saturated heterocycles. The van der Waals surface area contributed by atoms with E-state index in [1.807, 2.05) is 0 Å². The highest BCUT2D eigenvalue weighted by Gasteiger charge is 2.54. The monoisotopic (exact) mass is 238 g/mol. The lowest BCUT2D eigenvalue weighted by molar-refractivity contribution is -0.124. The minimum atomic E-state index is -0.795. The highest BCUT2D eigenvalue weighted by molar-refractivity contribution is 6.09. The Morgan fingerprint density at radius 2 is 2.47 bits per heavy atom. The number of nitrogens with two attached hydrogens (primary N) is 1. The second kappa shape index (κ2) is 4.40. The molecule has 1 fully saturated rings. The number of aromatic nitrogens is 3. The topological polar surface area (TPSA) is 129 Å². The van der Waals surface area contributed by atoms with Gasteiger partial charge in [-0.05, 0) is 12.8 Å². The molecule has 2 rings (SSSR count). The lowest BCUT2D eigenvalue weighted by atomic mass is 10.1. The molecule has 0 aromatic carbocycles. The van der Waals surface area contributed by atoms with Crippen molar-refractivity contribution in [3.05, 3.63) is 12.2 Å². The second-order valence-corrected chi connectivity index (χ2v) is 4.01. The fourth-order valence-electron chi connectivity index (χ4n) is 1.64. The molecule has 8 heteroatoms. The standard InChI is InChI=1S/C9H14N6O2/c10-7(15-17)9(2-3-9)8(16)11-4-1-6-12-5-13-14-6/h5,17H,1-4H2,(H2,10,15)(H,11,16)(H,12,13,14). The van der Waals surface area contributed by atoms with Crippen molar-refractivity contribution in [1.29, 1.82) is 0 Å². The van der Waals surface area contributed by atoms with Crippen LogP contribution >= 0.6 is 0 Å². The van der Waals surface area contributed by atoms with Crippen LogP contribution in [0, 0.1) is 5.41 Å². The zero-order valence-corrected chi connectivity index (χ0v) is 9.18. The minimum Gasteiger partial charge on any atom is -0.409 e. The number of nitrogens with zero attached hydrogens (tertiary/aromatic N) is 3. The highest BCUT2D eigenvalue weighted by Crippen LogP contribution is 2.45. The SMILES string of the molecule is NC(=NO)C1(C(=O)NCCc2ncn[nH]2)CC1. The molecule has 1 heterocycles. The number of hydrogen-bond acceptors (Lipinski definition) is 5. The van der Waals surface area contributed by atoms with Crippen LogP contribution in [0.25, 0.3) is 0 Å². The van der Waals surface area contributed by atoms with E-state index in [9.17, 15) is 4.79 Å². The lowest BCUT2D eigenvalue weighted by Gasteiger charge is -2.12. The Hall–Kier alpha value is -2.12. The van der Waals surface area contributed by atoms with E-state index < -0.39 is 5.41 Å². The molecule has 1 aromatic heterocycles. The summed E-state index contributed by atoms with van der Waals surface area (Å²) in [5, 5.41) is 20.6.